The molecule has 0 aromatic heterocycles. The van der Waals surface area contributed by atoms with E-state index in [4.69, 9.17) is 16.7 Å². The molecule has 1 unspecified atom stereocenters. The van der Waals surface area contributed by atoms with Gasteiger partial charge in [-0.3, -0.25) is 4.79 Å². The lowest BCUT2D eigenvalue weighted by atomic mass is 9.88. The number of carbonyl (C=O) groups excluding carboxylic acids is 1. The fourth-order valence-electron chi connectivity index (χ4n) is 1.42. The van der Waals surface area contributed by atoms with E-state index in [2.05, 4.69) is 0 Å². The highest BCUT2D eigenvalue weighted by atomic mass is 35.5. The van der Waals surface area contributed by atoms with Crippen LogP contribution in [0.25, 0.3) is 0 Å². The molecule has 0 aromatic rings. The van der Waals surface area contributed by atoms with Gasteiger partial charge in [-0.25, -0.2) is 0 Å². The standard InChI is InChI=1S/C9H11ClO2/c1-6-2-7(4-11)9(10)8(3-6)5-12/h4-6,11H,2-3H2,1H3/b7-4+. The van der Waals surface area contributed by atoms with Gasteiger partial charge in [-0.15, -0.1) is 0 Å². The monoisotopic (exact) mass is 186 g/mol. The summed E-state index contributed by atoms with van der Waals surface area (Å²) in [5.41, 5.74) is 1.26. The first-order valence-electron chi connectivity index (χ1n) is 3.86. The second kappa shape index (κ2) is 3.76. The Balaban J connectivity index is 3.01. The molecule has 1 rings (SSSR count). The number of allylic oxidation sites excluding steroid dienone is 3. The number of rotatable bonds is 1. The van der Waals surface area contributed by atoms with Crippen molar-refractivity contribution in [1.29, 1.82) is 0 Å². The maximum Gasteiger partial charge on any atom is 0.147 e. The summed E-state index contributed by atoms with van der Waals surface area (Å²) in [4.78, 5) is 10.5. The molecule has 1 atom stereocenters. The van der Waals surface area contributed by atoms with Crippen molar-refractivity contribution in [3.63, 3.8) is 0 Å². The third kappa shape index (κ3) is 1.69. The quantitative estimate of drug-likeness (QED) is 0.505. The van der Waals surface area contributed by atoms with Gasteiger partial charge in [-0.05, 0) is 18.8 Å². The van der Waals surface area contributed by atoms with E-state index in [0.29, 0.717) is 28.5 Å². The Morgan fingerprint density at radius 2 is 2.25 bits per heavy atom. The number of aliphatic hydroxyl groups is 1. The minimum atomic E-state index is 0.381. The van der Waals surface area contributed by atoms with E-state index in [9.17, 15) is 4.79 Å². The van der Waals surface area contributed by atoms with Crippen LogP contribution in [0.1, 0.15) is 19.8 Å². The first-order chi connectivity index (χ1) is 5.69. The summed E-state index contributed by atoms with van der Waals surface area (Å²) in [6, 6.07) is 0. The predicted octanol–water partition coefficient (Wildman–Crippen LogP) is 2.55. The molecule has 0 heterocycles. The van der Waals surface area contributed by atoms with E-state index in [1.165, 1.54) is 0 Å². The normalized spacial score (nSPS) is 27.8. The molecule has 0 radical (unpaired) electrons. The first-order valence-corrected chi connectivity index (χ1v) is 4.24. The molecule has 0 bridgehead atoms. The second-order valence-electron chi connectivity index (χ2n) is 3.12. The zero-order chi connectivity index (χ0) is 9.14. The third-order valence-corrected chi connectivity index (χ3v) is 2.48. The first kappa shape index (κ1) is 9.33. The van der Waals surface area contributed by atoms with Crippen LogP contribution in [0.3, 0.4) is 0 Å². The molecule has 2 nitrogen and oxygen atoms in total. The Bertz CT molecular complexity index is 253. The average molecular weight is 187 g/mol. The zero-order valence-corrected chi connectivity index (χ0v) is 7.64. The summed E-state index contributed by atoms with van der Waals surface area (Å²) < 4.78 is 0. The van der Waals surface area contributed by atoms with Crippen molar-refractivity contribution in [3.8, 4) is 0 Å². The number of hydrogen-bond acceptors (Lipinski definition) is 2. The second-order valence-corrected chi connectivity index (χ2v) is 3.50. The molecular formula is C9H11ClO2. The van der Waals surface area contributed by atoms with Crippen LogP contribution in [-0.4, -0.2) is 11.4 Å². The third-order valence-electron chi connectivity index (χ3n) is 2.00. The topological polar surface area (TPSA) is 37.3 Å². The molecule has 0 spiro atoms. The van der Waals surface area contributed by atoms with Crippen LogP contribution in [0, 0.1) is 5.92 Å². The average Bonchev–Trinajstić information content (AvgIpc) is 2.08. The van der Waals surface area contributed by atoms with Gasteiger partial charge in [0.2, 0.25) is 0 Å². The lowest BCUT2D eigenvalue weighted by Crippen LogP contribution is -2.08. The van der Waals surface area contributed by atoms with Gasteiger partial charge in [-0.2, -0.15) is 0 Å². The molecule has 0 fully saturated rings. The highest BCUT2D eigenvalue weighted by molar-refractivity contribution is 6.33. The highest BCUT2D eigenvalue weighted by Gasteiger charge is 2.20. The Hall–Kier alpha value is -0.760. The highest BCUT2D eigenvalue weighted by Crippen LogP contribution is 2.34. The number of carbonyl (C=O) groups is 1. The molecule has 3 heteroatoms. The summed E-state index contributed by atoms with van der Waals surface area (Å²) in [6.45, 7) is 2.02. The van der Waals surface area contributed by atoms with Crippen molar-refractivity contribution < 1.29 is 9.90 Å². The van der Waals surface area contributed by atoms with E-state index in [1.807, 2.05) is 6.92 Å². The molecule has 0 aliphatic heterocycles. The number of hydrogen-bond donors (Lipinski definition) is 1. The van der Waals surface area contributed by atoms with Gasteiger partial charge in [0.25, 0.3) is 0 Å². The molecule has 0 saturated carbocycles. The Morgan fingerprint density at radius 3 is 2.75 bits per heavy atom. The van der Waals surface area contributed by atoms with Gasteiger partial charge >= 0.3 is 0 Å². The Labute approximate surface area is 76.5 Å². The van der Waals surface area contributed by atoms with E-state index >= 15 is 0 Å². The van der Waals surface area contributed by atoms with Crippen molar-refractivity contribution in [2.75, 3.05) is 0 Å². The van der Waals surface area contributed by atoms with Gasteiger partial charge in [-0.1, -0.05) is 18.5 Å². The van der Waals surface area contributed by atoms with Crippen molar-refractivity contribution >= 4 is 17.9 Å². The fourth-order valence-corrected chi connectivity index (χ4v) is 1.67. The molecule has 0 aromatic carbocycles. The van der Waals surface area contributed by atoms with E-state index in [0.717, 1.165) is 19.0 Å². The summed E-state index contributed by atoms with van der Waals surface area (Å²) in [7, 11) is 0. The van der Waals surface area contributed by atoms with Crippen LogP contribution in [0.2, 0.25) is 0 Å². The van der Waals surface area contributed by atoms with Crippen molar-refractivity contribution in [2.24, 2.45) is 5.92 Å². The van der Waals surface area contributed by atoms with Gasteiger partial charge in [0.05, 0.1) is 11.3 Å². The molecule has 0 amide bonds. The number of halogens is 1. The van der Waals surface area contributed by atoms with Crippen LogP contribution in [-0.2, 0) is 4.79 Å². The van der Waals surface area contributed by atoms with Crippen LogP contribution >= 0.6 is 11.6 Å². The van der Waals surface area contributed by atoms with Crippen molar-refractivity contribution in [2.45, 2.75) is 19.8 Å². The van der Waals surface area contributed by atoms with Crippen molar-refractivity contribution in [3.05, 3.63) is 22.4 Å². The smallest absolute Gasteiger partial charge is 0.147 e. The summed E-state index contributed by atoms with van der Waals surface area (Å²) in [5, 5.41) is 9.22. The summed E-state index contributed by atoms with van der Waals surface area (Å²) in [5.74, 6) is 0.381. The van der Waals surface area contributed by atoms with Gasteiger partial charge in [0.15, 0.2) is 0 Å². The van der Waals surface area contributed by atoms with Crippen LogP contribution in [0.15, 0.2) is 22.4 Å². The van der Waals surface area contributed by atoms with Crippen molar-refractivity contribution in [1.82, 2.24) is 0 Å². The predicted molar refractivity (Wildman–Crippen MR) is 48.1 cm³/mol. The van der Waals surface area contributed by atoms with Crippen LogP contribution < -0.4 is 0 Å². The van der Waals surface area contributed by atoms with Crippen LogP contribution in [0.5, 0.6) is 0 Å². The zero-order valence-electron chi connectivity index (χ0n) is 6.88. The lowest BCUT2D eigenvalue weighted by Gasteiger charge is -2.20. The molecular weight excluding hydrogens is 176 g/mol. The largest absolute Gasteiger partial charge is 0.515 e. The molecule has 0 saturated heterocycles. The van der Waals surface area contributed by atoms with E-state index < -0.39 is 0 Å². The van der Waals surface area contributed by atoms with E-state index in [1.54, 1.807) is 0 Å². The van der Waals surface area contributed by atoms with Gasteiger partial charge < -0.3 is 5.11 Å². The Kier molecular flexibility index (Phi) is 2.93. The maximum absolute atomic E-state index is 10.5. The number of aldehydes is 1. The Morgan fingerprint density at radius 1 is 1.58 bits per heavy atom. The molecule has 1 aliphatic carbocycles. The van der Waals surface area contributed by atoms with Gasteiger partial charge in [0, 0.05) is 11.1 Å². The fraction of sp³-hybridized carbons (Fsp3) is 0.444. The summed E-state index contributed by atoms with van der Waals surface area (Å²) >= 11 is 5.83. The minimum Gasteiger partial charge on any atom is -0.515 e. The molecule has 1 aliphatic rings. The van der Waals surface area contributed by atoms with Crippen LogP contribution in [0.4, 0.5) is 0 Å². The molecule has 66 valence electrons. The lowest BCUT2D eigenvalue weighted by molar-refractivity contribution is -0.105. The number of aliphatic hydroxyl groups excluding tert-OH is 1. The minimum absolute atomic E-state index is 0.381. The molecule has 12 heavy (non-hydrogen) atoms. The van der Waals surface area contributed by atoms with E-state index in [-0.39, 0.29) is 0 Å². The SMILES string of the molecule is CC1CC(C=O)=C(Cl)/C(=C/O)C1. The molecule has 1 N–H and O–H groups in total. The van der Waals surface area contributed by atoms with Gasteiger partial charge in [0.1, 0.15) is 6.29 Å². The summed E-state index contributed by atoms with van der Waals surface area (Å²) in [6.07, 6.45) is 3.20. The maximum atomic E-state index is 10.5.